The zero-order valence-corrected chi connectivity index (χ0v) is 14.0. The number of piperazine rings is 1. The van der Waals surface area contributed by atoms with Crippen molar-refractivity contribution >= 4 is 10.0 Å². The van der Waals surface area contributed by atoms with Crippen molar-refractivity contribution in [2.45, 2.75) is 37.8 Å². The van der Waals surface area contributed by atoms with Gasteiger partial charge in [-0.2, -0.15) is 9.40 Å². The lowest BCUT2D eigenvalue weighted by Crippen LogP contribution is -2.53. The maximum Gasteiger partial charge on any atom is 0.246 e. The molecule has 0 bridgehead atoms. The summed E-state index contributed by atoms with van der Waals surface area (Å²) in [5, 5.41) is 9.88. The van der Waals surface area contributed by atoms with Gasteiger partial charge in [0.05, 0.1) is 11.4 Å². The fourth-order valence-corrected chi connectivity index (χ4v) is 4.60. The van der Waals surface area contributed by atoms with Gasteiger partial charge in [-0.05, 0) is 27.4 Å². The molecule has 0 aromatic carbocycles. The van der Waals surface area contributed by atoms with Crippen LogP contribution in [0.5, 0.6) is 0 Å². The third-order valence-electron chi connectivity index (χ3n) is 4.11. The Labute approximate surface area is 126 Å². The Morgan fingerprint density at radius 1 is 1.43 bits per heavy atom. The van der Waals surface area contributed by atoms with Crippen LogP contribution in [-0.4, -0.2) is 67.6 Å². The van der Waals surface area contributed by atoms with Crippen LogP contribution in [0.1, 0.15) is 24.7 Å². The van der Waals surface area contributed by atoms with Gasteiger partial charge in [0.25, 0.3) is 0 Å². The van der Waals surface area contributed by atoms with Crippen molar-refractivity contribution in [2.24, 2.45) is 0 Å². The molecule has 21 heavy (non-hydrogen) atoms. The molecule has 8 heteroatoms. The van der Waals surface area contributed by atoms with E-state index in [0.717, 1.165) is 13.0 Å². The molecular weight excluding hydrogens is 290 g/mol. The van der Waals surface area contributed by atoms with Gasteiger partial charge in [-0.25, -0.2) is 8.42 Å². The van der Waals surface area contributed by atoms with E-state index < -0.39 is 10.0 Å². The van der Waals surface area contributed by atoms with Gasteiger partial charge in [0.15, 0.2) is 0 Å². The molecule has 2 N–H and O–H groups in total. The van der Waals surface area contributed by atoms with E-state index in [1.165, 1.54) is 0 Å². The highest BCUT2D eigenvalue weighted by atomic mass is 32.2. The number of nitrogens with one attached hydrogen (secondary N) is 2. The number of nitrogens with zero attached hydrogens (tertiary/aromatic N) is 3. The second-order valence-electron chi connectivity index (χ2n) is 5.56. The van der Waals surface area contributed by atoms with E-state index in [2.05, 4.69) is 27.3 Å². The van der Waals surface area contributed by atoms with Crippen molar-refractivity contribution in [1.82, 2.24) is 24.7 Å². The topological polar surface area (TPSA) is 81.3 Å². The van der Waals surface area contributed by atoms with Crippen LogP contribution in [0, 0.1) is 6.92 Å². The monoisotopic (exact) mass is 315 g/mol. The molecule has 1 fully saturated rings. The number of hydrogen-bond donors (Lipinski definition) is 2. The van der Waals surface area contributed by atoms with E-state index in [-0.39, 0.29) is 6.04 Å². The number of aryl methyl sites for hydroxylation is 1. The van der Waals surface area contributed by atoms with Gasteiger partial charge in [-0.1, -0.05) is 6.92 Å². The number of aromatic nitrogens is 2. The standard InChI is InChI=1S/C13H25N5O2S/c1-5-11-9-18(7-6-17(11)4)21(19,20)13-10(2)15-16-12(13)8-14-3/h11,14H,5-9H2,1-4H3,(H,15,16). The van der Waals surface area contributed by atoms with Gasteiger partial charge in [-0.15, -0.1) is 0 Å². The van der Waals surface area contributed by atoms with E-state index >= 15 is 0 Å². The van der Waals surface area contributed by atoms with Crippen LogP contribution < -0.4 is 5.32 Å². The fourth-order valence-electron chi connectivity index (χ4n) is 2.80. The molecule has 2 rings (SSSR count). The highest BCUT2D eigenvalue weighted by Crippen LogP contribution is 2.25. The van der Waals surface area contributed by atoms with Crippen LogP contribution >= 0.6 is 0 Å². The van der Waals surface area contributed by atoms with E-state index in [4.69, 9.17) is 0 Å². The normalized spacial score (nSPS) is 21.8. The first-order valence-electron chi connectivity index (χ1n) is 7.30. The van der Waals surface area contributed by atoms with E-state index in [0.29, 0.717) is 35.9 Å². The summed E-state index contributed by atoms with van der Waals surface area (Å²) < 4.78 is 27.5. The smallest absolute Gasteiger partial charge is 0.246 e. The molecular formula is C13H25N5O2S. The third-order valence-corrected chi connectivity index (χ3v) is 6.18. The van der Waals surface area contributed by atoms with Crippen LogP contribution in [-0.2, 0) is 16.6 Å². The molecule has 1 aliphatic rings. The number of hydrogen-bond acceptors (Lipinski definition) is 5. The maximum absolute atomic E-state index is 13.0. The first-order valence-corrected chi connectivity index (χ1v) is 8.74. The Morgan fingerprint density at radius 2 is 2.14 bits per heavy atom. The summed E-state index contributed by atoms with van der Waals surface area (Å²) >= 11 is 0. The molecule has 1 atom stereocenters. The summed E-state index contributed by atoms with van der Waals surface area (Å²) in [6, 6.07) is 0.272. The predicted molar refractivity (Wildman–Crippen MR) is 81.6 cm³/mol. The minimum atomic E-state index is -3.50. The number of sulfonamides is 1. The SMILES string of the molecule is CCC1CN(S(=O)(=O)c2c(CNC)n[nH]c2C)CCN1C. The molecule has 1 aromatic heterocycles. The number of aromatic amines is 1. The Kier molecular flexibility index (Phi) is 5.03. The molecule has 120 valence electrons. The summed E-state index contributed by atoms with van der Waals surface area (Å²) in [6.45, 7) is 6.11. The van der Waals surface area contributed by atoms with Gasteiger partial charge in [0.1, 0.15) is 4.90 Å². The molecule has 1 aliphatic heterocycles. The van der Waals surface area contributed by atoms with Gasteiger partial charge >= 0.3 is 0 Å². The summed E-state index contributed by atoms with van der Waals surface area (Å²) in [5.74, 6) is 0. The molecule has 7 nitrogen and oxygen atoms in total. The lowest BCUT2D eigenvalue weighted by atomic mass is 10.1. The second-order valence-corrected chi connectivity index (χ2v) is 7.44. The Hall–Kier alpha value is -0.960. The van der Waals surface area contributed by atoms with Crippen LogP contribution in [0.2, 0.25) is 0 Å². The van der Waals surface area contributed by atoms with Gasteiger partial charge < -0.3 is 10.2 Å². The Morgan fingerprint density at radius 3 is 2.76 bits per heavy atom. The van der Waals surface area contributed by atoms with Crippen LogP contribution in [0.4, 0.5) is 0 Å². The molecule has 0 spiro atoms. The summed E-state index contributed by atoms with van der Waals surface area (Å²) in [4.78, 5) is 2.55. The van der Waals surface area contributed by atoms with Gasteiger partial charge in [0.2, 0.25) is 10.0 Å². The number of H-pyrrole nitrogens is 1. The third kappa shape index (κ3) is 3.13. The second kappa shape index (κ2) is 6.43. The lowest BCUT2D eigenvalue weighted by molar-refractivity contribution is 0.144. The molecule has 0 saturated carbocycles. The highest BCUT2D eigenvalue weighted by Gasteiger charge is 2.35. The largest absolute Gasteiger partial charge is 0.314 e. The van der Waals surface area contributed by atoms with Crippen molar-refractivity contribution in [2.75, 3.05) is 33.7 Å². The van der Waals surface area contributed by atoms with Crippen molar-refractivity contribution in [3.8, 4) is 0 Å². The molecule has 0 amide bonds. The van der Waals surface area contributed by atoms with Crippen molar-refractivity contribution < 1.29 is 8.42 Å². The van der Waals surface area contributed by atoms with Gasteiger partial charge in [-0.3, -0.25) is 5.10 Å². The van der Waals surface area contributed by atoms with Crippen molar-refractivity contribution in [1.29, 1.82) is 0 Å². The molecule has 0 aliphatic carbocycles. The van der Waals surface area contributed by atoms with E-state index in [1.54, 1.807) is 18.3 Å². The molecule has 1 saturated heterocycles. The zero-order valence-electron chi connectivity index (χ0n) is 13.2. The van der Waals surface area contributed by atoms with Crippen LogP contribution in [0.3, 0.4) is 0 Å². The molecule has 2 heterocycles. The molecule has 1 aromatic rings. The van der Waals surface area contributed by atoms with Crippen LogP contribution in [0.25, 0.3) is 0 Å². The van der Waals surface area contributed by atoms with Crippen molar-refractivity contribution in [3.63, 3.8) is 0 Å². The Bertz CT molecular complexity index is 583. The minimum Gasteiger partial charge on any atom is -0.314 e. The lowest BCUT2D eigenvalue weighted by Gasteiger charge is -2.38. The highest BCUT2D eigenvalue weighted by molar-refractivity contribution is 7.89. The molecule has 0 radical (unpaired) electrons. The minimum absolute atomic E-state index is 0.272. The first kappa shape index (κ1) is 16.4. The Balaban J connectivity index is 2.32. The summed E-state index contributed by atoms with van der Waals surface area (Å²) in [5.41, 5.74) is 1.16. The predicted octanol–water partition coefficient (Wildman–Crippen LogP) is 0.152. The van der Waals surface area contributed by atoms with E-state index in [1.807, 2.05) is 7.05 Å². The number of rotatable bonds is 5. The first-order chi connectivity index (χ1) is 9.91. The maximum atomic E-state index is 13.0. The summed E-state index contributed by atoms with van der Waals surface area (Å²) in [6.07, 6.45) is 0.941. The molecule has 1 unspecified atom stereocenters. The number of likely N-dealkylation sites (N-methyl/N-ethyl adjacent to an activating group) is 1. The van der Waals surface area contributed by atoms with Crippen molar-refractivity contribution in [3.05, 3.63) is 11.4 Å². The van der Waals surface area contributed by atoms with E-state index in [9.17, 15) is 8.42 Å². The summed E-state index contributed by atoms with van der Waals surface area (Å²) in [7, 11) is 0.335. The van der Waals surface area contributed by atoms with Crippen LogP contribution in [0.15, 0.2) is 4.90 Å². The average molecular weight is 315 g/mol. The average Bonchev–Trinajstić information content (AvgIpc) is 2.81. The quantitative estimate of drug-likeness (QED) is 0.808. The van der Waals surface area contributed by atoms with Gasteiger partial charge in [0, 0.05) is 32.2 Å². The fraction of sp³-hybridized carbons (Fsp3) is 0.769. The zero-order chi connectivity index (χ0) is 15.6.